The van der Waals surface area contributed by atoms with Crippen molar-refractivity contribution in [1.82, 2.24) is 29.5 Å². The highest BCUT2D eigenvalue weighted by Gasteiger charge is 2.27. The van der Waals surface area contributed by atoms with Gasteiger partial charge < -0.3 is 20.4 Å². The van der Waals surface area contributed by atoms with Gasteiger partial charge in [-0.25, -0.2) is 9.78 Å². The molecule has 0 saturated carbocycles. The van der Waals surface area contributed by atoms with Gasteiger partial charge in [-0.1, -0.05) is 30.3 Å². The van der Waals surface area contributed by atoms with Gasteiger partial charge >= 0.3 is 6.03 Å². The summed E-state index contributed by atoms with van der Waals surface area (Å²) >= 11 is 0. The summed E-state index contributed by atoms with van der Waals surface area (Å²) in [6.07, 6.45) is 5.22. The van der Waals surface area contributed by atoms with E-state index in [2.05, 4.69) is 68.1 Å². The molecular formula is C31H38N8O. The summed E-state index contributed by atoms with van der Waals surface area (Å²) in [7, 11) is 4.33. The third-order valence-corrected chi connectivity index (χ3v) is 8.17. The molecule has 208 valence electrons. The standard InChI is InChI=1S/C31H38N8O/c1-36-17-19-38(20-18-36)29-15-7-14-28-35-25(22-37(2)26-13-6-9-23-10-8-16-32-30(23)26)27(39(28)29)21-33-31(40)34-24-11-4-3-5-12-24/h3-5,7-8,10-12,14-16,26H,6,9,13,17-22H2,1-2H3,(H2,33,34,40)/t26-/m0/s1. The summed E-state index contributed by atoms with van der Waals surface area (Å²) in [6.45, 7) is 4.97. The summed E-state index contributed by atoms with van der Waals surface area (Å²) < 4.78 is 2.24. The molecule has 1 fully saturated rings. The number of pyridine rings is 2. The van der Waals surface area contributed by atoms with E-state index in [0.29, 0.717) is 13.1 Å². The number of anilines is 2. The molecule has 0 spiro atoms. The quantitative estimate of drug-likeness (QED) is 0.365. The van der Waals surface area contributed by atoms with E-state index in [1.54, 1.807) is 0 Å². The van der Waals surface area contributed by atoms with Gasteiger partial charge in [0.2, 0.25) is 0 Å². The first-order chi connectivity index (χ1) is 19.6. The molecule has 1 saturated heterocycles. The van der Waals surface area contributed by atoms with Crippen LogP contribution in [-0.2, 0) is 19.5 Å². The van der Waals surface area contributed by atoms with Gasteiger partial charge in [-0.2, -0.15) is 0 Å². The molecule has 1 atom stereocenters. The highest BCUT2D eigenvalue weighted by Crippen LogP contribution is 2.33. The number of aromatic nitrogens is 3. The fourth-order valence-electron chi connectivity index (χ4n) is 5.99. The Kier molecular flexibility index (Phi) is 7.66. The van der Waals surface area contributed by atoms with E-state index in [9.17, 15) is 4.79 Å². The number of para-hydroxylation sites is 1. The first-order valence-electron chi connectivity index (χ1n) is 14.2. The number of piperazine rings is 1. The highest BCUT2D eigenvalue weighted by atomic mass is 16.2. The number of nitrogens with one attached hydrogen (secondary N) is 2. The van der Waals surface area contributed by atoms with Gasteiger partial charge in [0.25, 0.3) is 0 Å². The Morgan fingerprint density at radius 3 is 2.67 bits per heavy atom. The normalized spacial score (nSPS) is 17.7. The Morgan fingerprint density at radius 2 is 1.85 bits per heavy atom. The van der Waals surface area contributed by atoms with E-state index in [4.69, 9.17) is 9.97 Å². The highest BCUT2D eigenvalue weighted by molar-refractivity contribution is 5.89. The Morgan fingerprint density at radius 1 is 1.02 bits per heavy atom. The number of likely N-dealkylation sites (N-methyl/N-ethyl adjacent to an activating group) is 1. The van der Waals surface area contributed by atoms with Crippen molar-refractivity contribution in [1.29, 1.82) is 0 Å². The monoisotopic (exact) mass is 538 g/mol. The topological polar surface area (TPSA) is 81.0 Å². The number of amides is 2. The molecule has 1 aliphatic carbocycles. The minimum atomic E-state index is -0.233. The average molecular weight is 539 g/mol. The zero-order valence-electron chi connectivity index (χ0n) is 23.4. The van der Waals surface area contributed by atoms with Gasteiger partial charge in [-0.05, 0) is 69.3 Å². The second-order valence-electron chi connectivity index (χ2n) is 10.9. The Balaban J connectivity index is 1.31. The van der Waals surface area contributed by atoms with Gasteiger partial charge in [0.15, 0.2) is 0 Å². The molecule has 0 bridgehead atoms. The zero-order chi connectivity index (χ0) is 27.5. The lowest BCUT2D eigenvalue weighted by atomic mass is 9.91. The van der Waals surface area contributed by atoms with E-state index in [-0.39, 0.29) is 12.1 Å². The molecule has 40 heavy (non-hydrogen) atoms. The van der Waals surface area contributed by atoms with E-state index in [1.165, 1.54) is 11.3 Å². The van der Waals surface area contributed by atoms with Crippen LogP contribution >= 0.6 is 0 Å². The van der Waals surface area contributed by atoms with E-state index in [0.717, 1.165) is 74.0 Å². The summed E-state index contributed by atoms with van der Waals surface area (Å²) in [6, 6.07) is 20.1. The van der Waals surface area contributed by atoms with Crippen LogP contribution in [0.1, 0.15) is 41.5 Å². The van der Waals surface area contributed by atoms with Crippen molar-refractivity contribution in [3.8, 4) is 0 Å². The lowest BCUT2D eigenvalue weighted by Crippen LogP contribution is -2.45. The van der Waals surface area contributed by atoms with Crippen LogP contribution in [0.2, 0.25) is 0 Å². The van der Waals surface area contributed by atoms with Crippen LogP contribution < -0.4 is 15.5 Å². The summed E-state index contributed by atoms with van der Waals surface area (Å²) in [5.74, 6) is 1.12. The Hall–Kier alpha value is -3.95. The van der Waals surface area contributed by atoms with Gasteiger partial charge in [-0.3, -0.25) is 14.3 Å². The van der Waals surface area contributed by atoms with Crippen LogP contribution in [0.25, 0.3) is 5.65 Å². The van der Waals surface area contributed by atoms with E-state index in [1.807, 2.05) is 42.6 Å². The third kappa shape index (κ3) is 5.52. The summed E-state index contributed by atoms with van der Waals surface area (Å²) in [4.78, 5) is 29.9. The number of imidazole rings is 1. The number of hydrogen-bond donors (Lipinski definition) is 2. The molecule has 2 N–H and O–H groups in total. The third-order valence-electron chi connectivity index (χ3n) is 8.17. The molecule has 6 rings (SSSR count). The van der Waals surface area contributed by atoms with Crippen molar-refractivity contribution in [2.24, 2.45) is 0 Å². The number of carbonyl (C=O) groups excluding carboxylic acids is 1. The van der Waals surface area contributed by atoms with Crippen molar-refractivity contribution < 1.29 is 4.79 Å². The maximum atomic E-state index is 12.9. The Labute approximate surface area is 235 Å². The van der Waals surface area contributed by atoms with Crippen molar-refractivity contribution in [3.05, 3.63) is 89.5 Å². The Bertz CT molecular complexity index is 1460. The van der Waals surface area contributed by atoms with Crippen molar-refractivity contribution >= 4 is 23.2 Å². The van der Waals surface area contributed by atoms with Crippen LogP contribution in [0, 0.1) is 0 Å². The van der Waals surface area contributed by atoms with Crippen molar-refractivity contribution in [2.75, 3.05) is 50.5 Å². The van der Waals surface area contributed by atoms with Crippen LogP contribution in [0.4, 0.5) is 16.3 Å². The predicted molar refractivity (Wildman–Crippen MR) is 159 cm³/mol. The molecule has 2 aliphatic rings. The predicted octanol–water partition coefficient (Wildman–Crippen LogP) is 4.31. The summed E-state index contributed by atoms with van der Waals surface area (Å²) in [5.41, 5.74) is 6.18. The molecular weight excluding hydrogens is 500 g/mol. The molecule has 9 nitrogen and oxygen atoms in total. The molecule has 3 aromatic heterocycles. The minimum Gasteiger partial charge on any atom is -0.355 e. The number of carbonyl (C=O) groups is 1. The summed E-state index contributed by atoms with van der Waals surface area (Å²) in [5, 5.41) is 6.05. The molecule has 1 aliphatic heterocycles. The fraction of sp³-hybridized carbons (Fsp3) is 0.387. The maximum Gasteiger partial charge on any atom is 0.319 e. The number of benzene rings is 1. The van der Waals surface area contributed by atoms with Crippen LogP contribution in [-0.4, -0.2) is 70.5 Å². The van der Waals surface area contributed by atoms with Gasteiger partial charge in [0, 0.05) is 44.6 Å². The maximum absolute atomic E-state index is 12.9. The molecule has 2 amide bonds. The molecule has 4 aromatic rings. The first kappa shape index (κ1) is 26.3. The smallest absolute Gasteiger partial charge is 0.319 e. The van der Waals surface area contributed by atoms with Gasteiger partial charge in [0.1, 0.15) is 11.5 Å². The number of hydrogen-bond acceptors (Lipinski definition) is 6. The number of urea groups is 1. The molecule has 9 heteroatoms. The van der Waals surface area contributed by atoms with Crippen LogP contribution in [0.3, 0.4) is 0 Å². The molecule has 0 radical (unpaired) electrons. The minimum absolute atomic E-state index is 0.233. The second-order valence-corrected chi connectivity index (χ2v) is 10.9. The van der Waals surface area contributed by atoms with Crippen molar-refractivity contribution in [3.63, 3.8) is 0 Å². The second kappa shape index (κ2) is 11.7. The fourth-order valence-corrected chi connectivity index (χ4v) is 5.99. The number of fused-ring (bicyclic) bond motifs is 2. The average Bonchev–Trinajstić information content (AvgIpc) is 3.33. The largest absolute Gasteiger partial charge is 0.355 e. The first-order valence-corrected chi connectivity index (χ1v) is 14.2. The SMILES string of the molecule is CN1CCN(c2cccc3nc(CN(C)[C@H]4CCCc5cccnc54)c(CNC(=O)Nc4ccccc4)n23)CC1. The molecule has 0 unspecified atom stereocenters. The number of rotatable bonds is 7. The van der Waals surface area contributed by atoms with E-state index < -0.39 is 0 Å². The van der Waals surface area contributed by atoms with Gasteiger partial charge in [-0.15, -0.1) is 0 Å². The zero-order valence-corrected chi connectivity index (χ0v) is 23.4. The van der Waals surface area contributed by atoms with Gasteiger partial charge in [0.05, 0.1) is 29.7 Å². The number of aryl methyl sites for hydroxylation is 1. The lowest BCUT2D eigenvalue weighted by Gasteiger charge is -2.34. The van der Waals surface area contributed by atoms with Crippen LogP contribution in [0.5, 0.6) is 0 Å². The van der Waals surface area contributed by atoms with E-state index >= 15 is 0 Å². The molecule has 1 aromatic carbocycles. The number of nitrogens with zero attached hydrogens (tertiary/aromatic N) is 6. The molecule has 4 heterocycles. The van der Waals surface area contributed by atoms with Crippen molar-refractivity contribution in [2.45, 2.75) is 38.4 Å². The lowest BCUT2D eigenvalue weighted by molar-refractivity contribution is 0.206. The van der Waals surface area contributed by atoms with Crippen LogP contribution in [0.15, 0.2) is 66.9 Å².